The largest absolute Gasteiger partial charge is 0.338 e. The lowest BCUT2D eigenvalue weighted by Crippen LogP contribution is -2.19. The van der Waals surface area contributed by atoms with E-state index in [9.17, 15) is 8.78 Å². The van der Waals surface area contributed by atoms with Crippen molar-refractivity contribution in [2.24, 2.45) is 0 Å². The highest BCUT2D eigenvalue weighted by Gasteiger charge is 2.22. The zero-order chi connectivity index (χ0) is 15.6. The van der Waals surface area contributed by atoms with Crippen molar-refractivity contribution in [3.05, 3.63) is 47.1 Å². The summed E-state index contributed by atoms with van der Waals surface area (Å²) in [5, 5.41) is 7.09. The highest BCUT2D eigenvalue weighted by atomic mass is 19.2. The lowest BCUT2D eigenvalue weighted by Gasteiger charge is -2.12. The Labute approximate surface area is 122 Å². The molecule has 0 aliphatic carbocycles. The zero-order valence-electron chi connectivity index (χ0n) is 12.6. The van der Waals surface area contributed by atoms with Gasteiger partial charge in [-0.2, -0.15) is 4.98 Å². The van der Waals surface area contributed by atoms with Gasteiger partial charge in [0.25, 0.3) is 0 Å². The van der Waals surface area contributed by atoms with Gasteiger partial charge < -0.3 is 9.84 Å². The first-order valence-electron chi connectivity index (χ1n) is 6.79. The van der Waals surface area contributed by atoms with Crippen LogP contribution in [0.4, 0.5) is 8.78 Å². The third-order valence-electron chi connectivity index (χ3n) is 3.08. The number of halogens is 2. The Morgan fingerprint density at radius 3 is 2.52 bits per heavy atom. The molecule has 1 N–H and O–H groups in total. The molecule has 0 radical (unpaired) electrons. The Hall–Kier alpha value is -1.82. The van der Waals surface area contributed by atoms with Gasteiger partial charge in [0.15, 0.2) is 17.5 Å². The van der Waals surface area contributed by atoms with Crippen LogP contribution in [0.3, 0.4) is 0 Å². The number of aromatic nitrogens is 2. The van der Waals surface area contributed by atoms with Crippen LogP contribution in [0.2, 0.25) is 0 Å². The minimum Gasteiger partial charge on any atom is -0.338 e. The molecular weight excluding hydrogens is 276 g/mol. The van der Waals surface area contributed by atoms with Crippen molar-refractivity contribution in [3.63, 3.8) is 0 Å². The molecule has 1 unspecified atom stereocenters. The molecule has 0 saturated carbocycles. The van der Waals surface area contributed by atoms with Crippen LogP contribution >= 0.6 is 0 Å². The van der Waals surface area contributed by atoms with Gasteiger partial charge in [-0.05, 0) is 24.6 Å². The first-order chi connectivity index (χ1) is 9.77. The number of rotatable bonds is 4. The molecule has 0 amide bonds. The van der Waals surface area contributed by atoms with Crippen LogP contribution in [0.5, 0.6) is 0 Å². The normalized spacial score (nSPS) is 13.4. The zero-order valence-corrected chi connectivity index (χ0v) is 12.6. The molecule has 1 heterocycles. The molecule has 0 aliphatic rings. The smallest absolute Gasteiger partial charge is 0.243 e. The van der Waals surface area contributed by atoms with Crippen LogP contribution < -0.4 is 5.32 Å². The van der Waals surface area contributed by atoms with Crippen molar-refractivity contribution >= 4 is 0 Å². The first kappa shape index (κ1) is 15.6. The molecule has 1 aromatic carbocycles. The maximum atomic E-state index is 13.1. The molecule has 1 aromatic heterocycles. The number of benzene rings is 1. The van der Waals surface area contributed by atoms with Gasteiger partial charge in [-0.25, -0.2) is 8.78 Å². The third-order valence-corrected chi connectivity index (χ3v) is 3.08. The van der Waals surface area contributed by atoms with Gasteiger partial charge in [0.2, 0.25) is 5.89 Å². The summed E-state index contributed by atoms with van der Waals surface area (Å²) in [5.74, 6) is -0.588. The number of hydrogen-bond donors (Lipinski definition) is 1. The van der Waals surface area contributed by atoms with Crippen molar-refractivity contribution in [1.29, 1.82) is 0 Å². The minimum absolute atomic E-state index is 0.179. The van der Waals surface area contributed by atoms with Crippen molar-refractivity contribution < 1.29 is 13.3 Å². The van der Waals surface area contributed by atoms with Crippen LogP contribution in [0.15, 0.2) is 22.7 Å². The number of hydrogen-bond acceptors (Lipinski definition) is 4. The molecule has 0 spiro atoms. The first-order valence-corrected chi connectivity index (χ1v) is 6.79. The predicted octanol–water partition coefficient (Wildman–Crippen LogP) is 3.50. The van der Waals surface area contributed by atoms with E-state index in [4.69, 9.17) is 4.52 Å². The van der Waals surface area contributed by atoms with Crippen molar-refractivity contribution in [1.82, 2.24) is 15.5 Å². The van der Waals surface area contributed by atoms with Crippen molar-refractivity contribution in [3.8, 4) is 0 Å². The summed E-state index contributed by atoms with van der Waals surface area (Å²) in [7, 11) is 0. The van der Waals surface area contributed by atoms with Crippen LogP contribution in [0.1, 0.15) is 51.0 Å². The van der Waals surface area contributed by atoms with Crippen LogP contribution in [0.25, 0.3) is 0 Å². The Bertz CT molecular complexity index is 620. The van der Waals surface area contributed by atoms with E-state index in [-0.39, 0.29) is 11.5 Å². The number of nitrogens with zero attached hydrogens (tertiary/aromatic N) is 2. The lowest BCUT2D eigenvalue weighted by atomic mass is 9.96. The summed E-state index contributed by atoms with van der Waals surface area (Å²) in [5.41, 5.74) is 0.470. The Balaban J connectivity index is 1.99. The average Bonchev–Trinajstić information content (AvgIpc) is 2.89. The topological polar surface area (TPSA) is 51.0 Å². The molecule has 6 heteroatoms. The maximum absolute atomic E-state index is 13.1. The quantitative estimate of drug-likeness (QED) is 0.938. The van der Waals surface area contributed by atoms with Gasteiger partial charge in [0.05, 0.1) is 6.04 Å². The molecule has 0 aliphatic heterocycles. The maximum Gasteiger partial charge on any atom is 0.243 e. The summed E-state index contributed by atoms with van der Waals surface area (Å²) in [6, 6.07) is 3.64. The third kappa shape index (κ3) is 3.85. The highest BCUT2D eigenvalue weighted by Crippen LogP contribution is 2.21. The summed E-state index contributed by atoms with van der Waals surface area (Å²) < 4.78 is 31.2. The average molecular weight is 295 g/mol. The van der Waals surface area contributed by atoms with Gasteiger partial charge in [-0.3, -0.25) is 0 Å². The molecule has 114 valence electrons. The second-order valence-electron chi connectivity index (χ2n) is 6.06. The van der Waals surface area contributed by atoms with E-state index in [2.05, 4.69) is 15.5 Å². The van der Waals surface area contributed by atoms with Crippen LogP contribution in [0, 0.1) is 11.6 Å². The molecule has 0 bridgehead atoms. The SMILES string of the molecule is CC(NCc1ccc(F)c(F)c1)c1nc(C(C)(C)C)no1. The minimum atomic E-state index is -0.852. The van der Waals surface area contributed by atoms with Crippen molar-refractivity contribution in [2.45, 2.75) is 45.7 Å². The standard InChI is InChI=1S/C15H19F2N3O/c1-9(13-19-14(20-21-13)15(2,3)4)18-8-10-5-6-11(16)12(17)7-10/h5-7,9,18H,8H2,1-4H3. The molecule has 21 heavy (non-hydrogen) atoms. The van der Waals surface area contributed by atoms with E-state index < -0.39 is 11.6 Å². The van der Waals surface area contributed by atoms with Crippen LogP contribution in [-0.2, 0) is 12.0 Å². The van der Waals surface area contributed by atoms with Gasteiger partial charge >= 0.3 is 0 Å². The van der Waals surface area contributed by atoms with E-state index in [1.807, 2.05) is 27.7 Å². The molecule has 4 nitrogen and oxygen atoms in total. The molecule has 2 rings (SSSR count). The van der Waals surface area contributed by atoms with Gasteiger partial charge in [-0.1, -0.05) is 32.0 Å². The van der Waals surface area contributed by atoms with Gasteiger partial charge in [-0.15, -0.1) is 0 Å². The van der Waals surface area contributed by atoms with E-state index in [0.29, 0.717) is 23.8 Å². The summed E-state index contributed by atoms with van der Waals surface area (Å²) >= 11 is 0. The second-order valence-corrected chi connectivity index (χ2v) is 6.06. The summed E-state index contributed by atoms with van der Waals surface area (Å²) in [6.07, 6.45) is 0. The fourth-order valence-electron chi connectivity index (χ4n) is 1.72. The summed E-state index contributed by atoms with van der Waals surface area (Å²) in [6.45, 7) is 8.26. The second kappa shape index (κ2) is 5.89. The Kier molecular flexibility index (Phi) is 4.37. The Morgan fingerprint density at radius 1 is 1.24 bits per heavy atom. The van der Waals surface area contributed by atoms with Gasteiger partial charge in [0, 0.05) is 12.0 Å². The fourth-order valence-corrected chi connectivity index (χ4v) is 1.72. The molecular formula is C15H19F2N3O. The Morgan fingerprint density at radius 2 is 1.95 bits per heavy atom. The monoisotopic (exact) mass is 295 g/mol. The van der Waals surface area contributed by atoms with E-state index in [0.717, 1.165) is 6.07 Å². The van der Waals surface area contributed by atoms with Gasteiger partial charge in [0.1, 0.15) is 0 Å². The van der Waals surface area contributed by atoms with E-state index in [1.54, 1.807) is 0 Å². The summed E-state index contributed by atoms with van der Waals surface area (Å²) in [4.78, 5) is 4.35. The van der Waals surface area contributed by atoms with E-state index >= 15 is 0 Å². The lowest BCUT2D eigenvalue weighted by molar-refractivity contribution is 0.330. The molecule has 0 saturated heterocycles. The number of nitrogens with one attached hydrogen (secondary N) is 1. The predicted molar refractivity (Wildman–Crippen MR) is 74.6 cm³/mol. The van der Waals surface area contributed by atoms with Crippen LogP contribution in [-0.4, -0.2) is 10.1 Å². The highest BCUT2D eigenvalue weighted by molar-refractivity contribution is 5.17. The molecule has 2 aromatic rings. The van der Waals surface area contributed by atoms with Crippen molar-refractivity contribution in [2.75, 3.05) is 0 Å². The molecule has 0 fully saturated rings. The van der Waals surface area contributed by atoms with E-state index in [1.165, 1.54) is 12.1 Å². The fraction of sp³-hybridized carbons (Fsp3) is 0.467. The molecule has 1 atom stereocenters.